The molecule has 0 radical (unpaired) electrons. The van der Waals surface area contributed by atoms with Gasteiger partial charge in [0.15, 0.2) is 0 Å². The van der Waals surface area contributed by atoms with Crippen LogP contribution in [0.4, 0.5) is 4.79 Å². The number of carbonyl (C=O) groups excluding carboxylic acids is 1. The van der Waals surface area contributed by atoms with Crippen molar-refractivity contribution in [1.82, 2.24) is 4.90 Å². The van der Waals surface area contributed by atoms with Crippen LogP contribution in [0.5, 0.6) is 0 Å². The molecule has 0 saturated carbocycles. The lowest BCUT2D eigenvalue weighted by Crippen LogP contribution is -2.52. The number of amides is 1. The Balaban J connectivity index is 2.60. The van der Waals surface area contributed by atoms with E-state index in [1.807, 2.05) is 20.8 Å². The van der Waals surface area contributed by atoms with Crippen LogP contribution in [0.25, 0.3) is 0 Å². The zero-order valence-corrected chi connectivity index (χ0v) is 10.3. The van der Waals surface area contributed by atoms with Crippen molar-refractivity contribution in [3.05, 3.63) is 0 Å². The van der Waals surface area contributed by atoms with E-state index in [-0.39, 0.29) is 24.8 Å². The summed E-state index contributed by atoms with van der Waals surface area (Å²) in [5, 5.41) is 9.22. The summed E-state index contributed by atoms with van der Waals surface area (Å²) < 4.78 is 5.28. The summed E-state index contributed by atoms with van der Waals surface area (Å²) in [6.45, 7) is 5.98. The molecule has 0 spiro atoms. The van der Waals surface area contributed by atoms with Gasteiger partial charge >= 0.3 is 6.09 Å². The van der Waals surface area contributed by atoms with E-state index in [9.17, 15) is 9.90 Å². The second kappa shape index (κ2) is 5.01. The number of rotatable bonds is 1. The molecule has 2 unspecified atom stereocenters. The zero-order valence-electron chi connectivity index (χ0n) is 10.3. The van der Waals surface area contributed by atoms with Crippen molar-refractivity contribution in [2.75, 3.05) is 13.2 Å². The Morgan fingerprint density at radius 3 is 2.69 bits per heavy atom. The third kappa shape index (κ3) is 3.64. The molecule has 1 aliphatic rings. The highest BCUT2D eigenvalue weighted by Gasteiger charge is 2.32. The van der Waals surface area contributed by atoms with Crippen LogP contribution < -0.4 is 5.73 Å². The Labute approximate surface area is 96.6 Å². The van der Waals surface area contributed by atoms with Gasteiger partial charge in [0, 0.05) is 12.6 Å². The van der Waals surface area contributed by atoms with Gasteiger partial charge in [-0.3, -0.25) is 0 Å². The van der Waals surface area contributed by atoms with Crippen LogP contribution in [0.2, 0.25) is 0 Å². The minimum absolute atomic E-state index is 0.0626. The first-order valence-electron chi connectivity index (χ1n) is 5.69. The highest BCUT2D eigenvalue weighted by Crippen LogP contribution is 2.19. The molecule has 1 amide bonds. The van der Waals surface area contributed by atoms with Crippen molar-refractivity contribution in [2.24, 2.45) is 5.73 Å². The molecule has 1 saturated heterocycles. The average molecular weight is 230 g/mol. The summed E-state index contributed by atoms with van der Waals surface area (Å²) in [6, 6.07) is -0.144. The summed E-state index contributed by atoms with van der Waals surface area (Å²) in [5.74, 6) is 0. The van der Waals surface area contributed by atoms with E-state index < -0.39 is 5.60 Å². The first-order valence-corrected chi connectivity index (χ1v) is 5.69. The van der Waals surface area contributed by atoms with E-state index in [1.165, 1.54) is 0 Å². The number of piperidine rings is 1. The maximum atomic E-state index is 11.8. The molecule has 1 aliphatic heterocycles. The number of carbonyl (C=O) groups is 1. The number of aliphatic hydroxyl groups is 1. The lowest BCUT2D eigenvalue weighted by Gasteiger charge is -2.38. The molecular weight excluding hydrogens is 208 g/mol. The molecule has 0 aromatic carbocycles. The van der Waals surface area contributed by atoms with Gasteiger partial charge in [0.05, 0.1) is 12.6 Å². The van der Waals surface area contributed by atoms with Crippen LogP contribution in [0.1, 0.15) is 33.6 Å². The Bertz CT molecular complexity index is 250. The van der Waals surface area contributed by atoms with Crippen molar-refractivity contribution in [2.45, 2.75) is 51.3 Å². The number of nitrogens with two attached hydrogens (primary N) is 1. The molecule has 0 aliphatic carbocycles. The number of nitrogens with zero attached hydrogens (tertiary/aromatic N) is 1. The molecule has 0 bridgehead atoms. The molecule has 2 atom stereocenters. The lowest BCUT2D eigenvalue weighted by atomic mass is 9.99. The minimum atomic E-state index is -0.503. The van der Waals surface area contributed by atoms with Crippen molar-refractivity contribution in [3.8, 4) is 0 Å². The molecule has 94 valence electrons. The van der Waals surface area contributed by atoms with Gasteiger partial charge in [-0.2, -0.15) is 0 Å². The number of likely N-dealkylation sites (tertiary alicyclic amines) is 1. The van der Waals surface area contributed by atoms with Gasteiger partial charge < -0.3 is 20.5 Å². The van der Waals surface area contributed by atoms with E-state index in [0.29, 0.717) is 13.0 Å². The Morgan fingerprint density at radius 1 is 1.56 bits per heavy atom. The second-order valence-electron chi connectivity index (χ2n) is 5.29. The van der Waals surface area contributed by atoms with Gasteiger partial charge in [-0.1, -0.05) is 0 Å². The molecule has 1 fully saturated rings. The van der Waals surface area contributed by atoms with Gasteiger partial charge in [0.2, 0.25) is 0 Å². The standard InChI is InChI=1S/C11H22N2O3/c1-11(2,3)16-10(15)13-5-4-8(12)6-9(13)7-14/h8-9,14H,4-7,12H2,1-3H3. The van der Waals surface area contributed by atoms with Crippen LogP contribution in [0.3, 0.4) is 0 Å². The number of ether oxygens (including phenoxy) is 1. The third-order valence-electron chi connectivity index (χ3n) is 2.60. The van der Waals surface area contributed by atoms with Crippen molar-refractivity contribution in [1.29, 1.82) is 0 Å². The summed E-state index contributed by atoms with van der Waals surface area (Å²) in [5.41, 5.74) is 5.30. The topological polar surface area (TPSA) is 75.8 Å². The van der Waals surface area contributed by atoms with Crippen LogP contribution in [-0.2, 0) is 4.74 Å². The van der Waals surface area contributed by atoms with Crippen molar-refractivity contribution in [3.63, 3.8) is 0 Å². The van der Waals surface area contributed by atoms with E-state index in [2.05, 4.69) is 0 Å². The van der Waals surface area contributed by atoms with Gasteiger partial charge in [0.25, 0.3) is 0 Å². The summed E-state index contributed by atoms with van der Waals surface area (Å²) in [7, 11) is 0. The van der Waals surface area contributed by atoms with Gasteiger partial charge in [-0.25, -0.2) is 4.79 Å². The Hall–Kier alpha value is -0.810. The first kappa shape index (κ1) is 13.3. The molecule has 3 N–H and O–H groups in total. The molecular formula is C11H22N2O3. The quantitative estimate of drug-likeness (QED) is 0.695. The van der Waals surface area contributed by atoms with Gasteiger partial charge in [0.1, 0.15) is 5.60 Å². The predicted octanol–water partition coefficient (Wildman–Crippen LogP) is 0.705. The van der Waals surface area contributed by atoms with E-state index >= 15 is 0 Å². The van der Waals surface area contributed by atoms with Crippen LogP contribution in [0.15, 0.2) is 0 Å². The Kier molecular flexibility index (Phi) is 4.15. The summed E-state index contributed by atoms with van der Waals surface area (Å²) in [6.07, 6.45) is 1.03. The highest BCUT2D eigenvalue weighted by molar-refractivity contribution is 5.68. The Morgan fingerprint density at radius 2 is 2.19 bits per heavy atom. The molecule has 16 heavy (non-hydrogen) atoms. The van der Waals surface area contributed by atoms with Gasteiger partial charge in [-0.05, 0) is 33.6 Å². The third-order valence-corrected chi connectivity index (χ3v) is 2.60. The monoisotopic (exact) mass is 230 g/mol. The molecule has 0 aromatic rings. The lowest BCUT2D eigenvalue weighted by molar-refractivity contribution is -0.0000619. The summed E-state index contributed by atoms with van der Waals surface area (Å²) in [4.78, 5) is 13.4. The average Bonchev–Trinajstić information content (AvgIpc) is 2.14. The zero-order chi connectivity index (χ0) is 12.3. The van der Waals surface area contributed by atoms with Crippen molar-refractivity contribution >= 4 is 6.09 Å². The van der Waals surface area contributed by atoms with Crippen LogP contribution in [-0.4, -0.2) is 46.9 Å². The van der Waals surface area contributed by atoms with Crippen LogP contribution >= 0.6 is 0 Å². The number of aliphatic hydroxyl groups excluding tert-OH is 1. The number of hydrogen-bond donors (Lipinski definition) is 2. The van der Waals surface area contributed by atoms with E-state index in [1.54, 1.807) is 4.90 Å². The molecule has 5 heteroatoms. The predicted molar refractivity (Wildman–Crippen MR) is 61.0 cm³/mol. The minimum Gasteiger partial charge on any atom is -0.444 e. The number of hydrogen-bond acceptors (Lipinski definition) is 4. The summed E-state index contributed by atoms with van der Waals surface area (Å²) >= 11 is 0. The normalized spacial score (nSPS) is 26.7. The van der Waals surface area contributed by atoms with E-state index in [0.717, 1.165) is 6.42 Å². The molecule has 1 heterocycles. The molecule has 0 aromatic heterocycles. The highest BCUT2D eigenvalue weighted by atomic mass is 16.6. The fourth-order valence-corrected chi connectivity index (χ4v) is 1.82. The van der Waals surface area contributed by atoms with E-state index in [4.69, 9.17) is 10.5 Å². The smallest absolute Gasteiger partial charge is 0.410 e. The first-order chi connectivity index (χ1) is 7.33. The SMILES string of the molecule is CC(C)(C)OC(=O)N1CCC(N)CC1CO. The fourth-order valence-electron chi connectivity index (χ4n) is 1.82. The van der Waals surface area contributed by atoms with Crippen molar-refractivity contribution < 1.29 is 14.6 Å². The second-order valence-corrected chi connectivity index (χ2v) is 5.29. The fraction of sp³-hybridized carbons (Fsp3) is 0.909. The maximum absolute atomic E-state index is 11.8. The van der Waals surface area contributed by atoms with Crippen LogP contribution in [0, 0.1) is 0 Å². The molecule has 1 rings (SSSR count). The largest absolute Gasteiger partial charge is 0.444 e. The van der Waals surface area contributed by atoms with Gasteiger partial charge in [-0.15, -0.1) is 0 Å². The maximum Gasteiger partial charge on any atom is 0.410 e. The molecule has 5 nitrogen and oxygen atoms in total.